The van der Waals surface area contributed by atoms with Gasteiger partial charge in [0.2, 0.25) is 0 Å². The highest BCUT2D eigenvalue weighted by atomic mass is 16.6. The molecule has 0 saturated carbocycles. The summed E-state index contributed by atoms with van der Waals surface area (Å²) in [5.74, 6) is 0.385. The third-order valence-corrected chi connectivity index (χ3v) is 2.86. The average molecular weight is 277 g/mol. The van der Waals surface area contributed by atoms with Crippen LogP contribution in [0.3, 0.4) is 0 Å². The molecule has 0 spiro atoms. The number of non-ortho nitro benzene ring substituents is 1. The summed E-state index contributed by atoms with van der Waals surface area (Å²) in [6.07, 6.45) is 0.370. The molecule has 6 nitrogen and oxygen atoms in total. The van der Waals surface area contributed by atoms with Crippen molar-refractivity contribution in [3.63, 3.8) is 0 Å². The molecule has 0 amide bonds. The number of anilines is 1. The van der Waals surface area contributed by atoms with E-state index < -0.39 is 4.92 Å². The van der Waals surface area contributed by atoms with Gasteiger partial charge in [0, 0.05) is 36.5 Å². The van der Waals surface area contributed by atoms with Crippen molar-refractivity contribution in [3.8, 4) is 6.07 Å². The third-order valence-electron chi connectivity index (χ3n) is 2.86. The maximum atomic E-state index is 10.8. The first-order valence-corrected chi connectivity index (χ1v) is 6.49. The van der Waals surface area contributed by atoms with Crippen LogP contribution in [-0.4, -0.2) is 23.1 Å². The van der Waals surface area contributed by atoms with Crippen molar-refractivity contribution in [2.75, 3.05) is 18.0 Å². The zero-order chi connectivity index (χ0) is 15.1. The Kier molecular flexibility index (Phi) is 5.94. The summed E-state index contributed by atoms with van der Waals surface area (Å²) < 4.78 is 0. The van der Waals surface area contributed by atoms with Crippen molar-refractivity contribution in [1.82, 2.24) is 0 Å². The number of hydrogen-bond acceptors (Lipinski definition) is 5. The Balaban J connectivity index is 3.11. The number of nitro benzene ring substituents is 1. The molecular weight excluding hydrogens is 258 g/mol. The highest BCUT2D eigenvalue weighted by molar-refractivity contribution is 5.57. The van der Waals surface area contributed by atoms with E-state index >= 15 is 0 Å². The van der Waals surface area contributed by atoms with Crippen molar-refractivity contribution in [2.45, 2.75) is 26.9 Å². The molecule has 0 heterocycles. The Morgan fingerprint density at radius 3 is 2.70 bits per heavy atom. The van der Waals surface area contributed by atoms with E-state index in [2.05, 4.69) is 19.9 Å². The van der Waals surface area contributed by atoms with E-state index in [1.807, 2.05) is 4.90 Å². The lowest BCUT2D eigenvalue weighted by molar-refractivity contribution is -0.384. The smallest absolute Gasteiger partial charge is 0.269 e. The maximum absolute atomic E-state index is 10.8. The molecule has 1 aromatic rings. The van der Waals surface area contributed by atoms with Crippen LogP contribution in [0.1, 0.15) is 25.8 Å². The van der Waals surface area contributed by atoms with E-state index in [1.165, 1.54) is 12.1 Å². The van der Waals surface area contributed by atoms with Crippen LogP contribution in [0, 0.1) is 27.4 Å². The largest absolute Gasteiger partial charge is 0.392 e. The first-order chi connectivity index (χ1) is 9.49. The van der Waals surface area contributed by atoms with Crippen LogP contribution >= 0.6 is 0 Å². The first kappa shape index (κ1) is 15.9. The van der Waals surface area contributed by atoms with Gasteiger partial charge in [0.25, 0.3) is 5.69 Å². The Labute approximate surface area is 118 Å². The number of nitro groups is 1. The van der Waals surface area contributed by atoms with Crippen molar-refractivity contribution in [2.24, 2.45) is 5.92 Å². The summed E-state index contributed by atoms with van der Waals surface area (Å²) in [5.41, 5.74) is 1.22. The zero-order valence-corrected chi connectivity index (χ0v) is 11.7. The summed E-state index contributed by atoms with van der Waals surface area (Å²) in [4.78, 5) is 12.3. The highest BCUT2D eigenvalue weighted by Crippen LogP contribution is 2.26. The van der Waals surface area contributed by atoms with Crippen molar-refractivity contribution >= 4 is 11.4 Å². The van der Waals surface area contributed by atoms with E-state index in [1.54, 1.807) is 6.07 Å². The van der Waals surface area contributed by atoms with Crippen molar-refractivity contribution < 1.29 is 10.0 Å². The molecular formula is C14H19N3O3. The van der Waals surface area contributed by atoms with Gasteiger partial charge >= 0.3 is 0 Å². The Bertz CT molecular complexity index is 509. The van der Waals surface area contributed by atoms with E-state index in [-0.39, 0.29) is 12.3 Å². The molecule has 1 N–H and O–H groups in total. The number of nitriles is 1. The zero-order valence-electron chi connectivity index (χ0n) is 11.7. The molecule has 1 rings (SSSR count). The van der Waals surface area contributed by atoms with Gasteiger partial charge in [-0.2, -0.15) is 5.26 Å². The Morgan fingerprint density at radius 1 is 1.50 bits per heavy atom. The van der Waals surface area contributed by atoms with Gasteiger partial charge in [-0.05, 0) is 12.0 Å². The van der Waals surface area contributed by atoms with Gasteiger partial charge in [0.05, 0.1) is 24.0 Å². The minimum atomic E-state index is -0.481. The van der Waals surface area contributed by atoms with Crippen LogP contribution in [0.25, 0.3) is 0 Å². The van der Waals surface area contributed by atoms with E-state index in [9.17, 15) is 15.2 Å². The molecule has 6 heteroatoms. The minimum absolute atomic E-state index is 0.0393. The number of benzene rings is 1. The van der Waals surface area contributed by atoms with E-state index in [0.717, 1.165) is 12.2 Å². The normalized spacial score (nSPS) is 10.3. The maximum Gasteiger partial charge on any atom is 0.269 e. The Morgan fingerprint density at radius 2 is 2.20 bits per heavy atom. The number of aliphatic hydroxyl groups excluding tert-OH is 1. The molecule has 0 atom stereocenters. The predicted octanol–water partition coefficient (Wildman–Crippen LogP) is 2.46. The predicted molar refractivity (Wildman–Crippen MR) is 76.3 cm³/mol. The lowest BCUT2D eigenvalue weighted by Crippen LogP contribution is -2.29. The molecule has 108 valence electrons. The number of hydrogen-bond donors (Lipinski definition) is 1. The second-order valence-electron chi connectivity index (χ2n) is 4.98. The molecule has 0 aliphatic heterocycles. The fourth-order valence-corrected chi connectivity index (χ4v) is 2.06. The standard InChI is InChI=1S/C14H19N3O3/c1-11(2)9-16(7-3-6-15)14-5-4-13(17(19)20)8-12(14)10-18/h4-5,8,11,18H,3,7,9-10H2,1-2H3. The number of aliphatic hydroxyl groups is 1. The quantitative estimate of drug-likeness (QED) is 0.610. The minimum Gasteiger partial charge on any atom is -0.392 e. The number of nitrogens with zero attached hydrogens (tertiary/aromatic N) is 3. The van der Waals surface area contributed by atoms with Crippen LogP contribution < -0.4 is 4.90 Å². The van der Waals surface area contributed by atoms with Gasteiger partial charge < -0.3 is 10.0 Å². The second kappa shape index (κ2) is 7.46. The van der Waals surface area contributed by atoms with E-state index in [4.69, 9.17) is 5.26 Å². The van der Waals surface area contributed by atoms with Gasteiger partial charge in [-0.1, -0.05) is 13.8 Å². The van der Waals surface area contributed by atoms with Gasteiger partial charge in [-0.25, -0.2) is 0 Å². The molecule has 1 aromatic carbocycles. The molecule has 0 aromatic heterocycles. The van der Waals surface area contributed by atoms with Crippen LogP contribution in [0.2, 0.25) is 0 Å². The molecule has 0 bridgehead atoms. The summed E-state index contributed by atoms with van der Waals surface area (Å²) >= 11 is 0. The molecule has 0 saturated heterocycles. The van der Waals surface area contributed by atoms with Gasteiger partial charge in [0.1, 0.15) is 0 Å². The Hall–Kier alpha value is -2.13. The van der Waals surface area contributed by atoms with Gasteiger partial charge in [-0.3, -0.25) is 10.1 Å². The van der Waals surface area contributed by atoms with E-state index in [0.29, 0.717) is 24.4 Å². The number of rotatable bonds is 7. The fraction of sp³-hybridized carbons (Fsp3) is 0.500. The monoisotopic (exact) mass is 277 g/mol. The lowest BCUT2D eigenvalue weighted by Gasteiger charge is -2.27. The average Bonchev–Trinajstić information content (AvgIpc) is 2.42. The summed E-state index contributed by atoms with van der Waals surface area (Å²) in [6.45, 7) is 5.12. The van der Waals surface area contributed by atoms with Crippen LogP contribution in [0.15, 0.2) is 18.2 Å². The molecule has 0 aliphatic carbocycles. The fourth-order valence-electron chi connectivity index (χ4n) is 2.06. The second-order valence-corrected chi connectivity index (χ2v) is 4.98. The van der Waals surface area contributed by atoms with Crippen LogP contribution in [0.5, 0.6) is 0 Å². The molecule has 0 aliphatic rings. The summed E-state index contributed by atoms with van der Waals surface area (Å²) in [7, 11) is 0. The van der Waals surface area contributed by atoms with Crippen molar-refractivity contribution in [1.29, 1.82) is 5.26 Å². The molecule has 0 fully saturated rings. The summed E-state index contributed by atoms with van der Waals surface area (Å²) in [6, 6.07) is 6.55. The molecule has 0 unspecified atom stereocenters. The SMILES string of the molecule is CC(C)CN(CCC#N)c1ccc([N+](=O)[O-])cc1CO. The lowest BCUT2D eigenvalue weighted by atomic mass is 10.1. The molecule has 20 heavy (non-hydrogen) atoms. The summed E-state index contributed by atoms with van der Waals surface area (Å²) in [5, 5.41) is 28.9. The topological polar surface area (TPSA) is 90.4 Å². The van der Waals surface area contributed by atoms with Gasteiger partial charge in [0.15, 0.2) is 0 Å². The highest BCUT2D eigenvalue weighted by Gasteiger charge is 2.16. The van der Waals surface area contributed by atoms with Gasteiger partial charge in [-0.15, -0.1) is 0 Å². The third kappa shape index (κ3) is 4.21. The van der Waals surface area contributed by atoms with Crippen molar-refractivity contribution in [3.05, 3.63) is 33.9 Å². The van der Waals surface area contributed by atoms with Crippen LogP contribution in [0.4, 0.5) is 11.4 Å². The first-order valence-electron chi connectivity index (χ1n) is 6.49. The molecule has 0 radical (unpaired) electrons. The van der Waals surface area contributed by atoms with Crippen LogP contribution in [-0.2, 0) is 6.61 Å².